The minimum atomic E-state index is -0.214. The molecule has 10 nitrogen and oxygen atoms in total. The van der Waals surface area contributed by atoms with Crippen molar-refractivity contribution >= 4 is 29.0 Å². The number of carbonyl (C=O) groups is 1. The van der Waals surface area contributed by atoms with Gasteiger partial charge in [-0.05, 0) is 36.5 Å². The van der Waals surface area contributed by atoms with Crippen LogP contribution in [-0.4, -0.2) is 29.8 Å². The van der Waals surface area contributed by atoms with Gasteiger partial charge in [-0.15, -0.1) is 0 Å². The molecule has 0 bridgehead atoms. The summed E-state index contributed by atoms with van der Waals surface area (Å²) in [5, 5.41) is 5.74. The number of nitrogens with zero attached hydrogens (tertiary/aromatic N) is 5. The van der Waals surface area contributed by atoms with Crippen LogP contribution < -0.4 is 20.9 Å². The average Bonchev–Trinajstić information content (AvgIpc) is 3.51. The molecular formula is C22H21N7O3. The zero-order valence-corrected chi connectivity index (χ0v) is 17.6. The molecule has 4 heterocycles. The normalized spacial score (nSPS) is 13.2. The van der Waals surface area contributed by atoms with Crippen LogP contribution in [0.2, 0.25) is 0 Å². The highest BCUT2D eigenvalue weighted by atomic mass is 16.5. The Hall–Kier alpha value is -4.21. The number of amides is 1. The van der Waals surface area contributed by atoms with Crippen LogP contribution in [0.5, 0.6) is 11.5 Å². The minimum absolute atomic E-state index is 0.115. The molecule has 1 aliphatic rings. The summed E-state index contributed by atoms with van der Waals surface area (Å²) in [5.41, 5.74) is 1.53. The Balaban J connectivity index is 1.38. The van der Waals surface area contributed by atoms with E-state index in [0.717, 1.165) is 18.4 Å². The molecule has 4 aromatic heterocycles. The molecule has 5 rings (SSSR count). The number of aromatic nitrogens is 5. The third-order valence-corrected chi connectivity index (χ3v) is 5.07. The molecule has 10 heteroatoms. The molecule has 1 aliphatic carbocycles. The number of anilines is 3. The van der Waals surface area contributed by atoms with Gasteiger partial charge in [-0.1, -0.05) is 0 Å². The highest BCUT2D eigenvalue weighted by Crippen LogP contribution is 2.40. The first-order valence-electron chi connectivity index (χ1n) is 10.2. The zero-order valence-electron chi connectivity index (χ0n) is 17.6. The summed E-state index contributed by atoms with van der Waals surface area (Å²) in [5.74, 6) is 2.67. The molecule has 0 radical (unpaired) electrons. The summed E-state index contributed by atoms with van der Waals surface area (Å²) < 4.78 is 9.15. The summed E-state index contributed by atoms with van der Waals surface area (Å²) >= 11 is 0. The van der Waals surface area contributed by atoms with Gasteiger partial charge in [-0.3, -0.25) is 14.0 Å². The van der Waals surface area contributed by atoms with Crippen LogP contribution in [0.25, 0.3) is 5.78 Å². The fourth-order valence-corrected chi connectivity index (χ4v) is 3.44. The van der Waals surface area contributed by atoms with Crippen LogP contribution in [-0.2, 0) is 11.8 Å². The predicted molar refractivity (Wildman–Crippen MR) is 119 cm³/mol. The number of imidazole rings is 1. The van der Waals surface area contributed by atoms with E-state index in [1.54, 1.807) is 52.9 Å². The summed E-state index contributed by atoms with van der Waals surface area (Å²) in [6.07, 6.45) is 10.8. The lowest BCUT2D eigenvalue weighted by Gasteiger charge is -2.08. The third-order valence-electron chi connectivity index (χ3n) is 5.07. The van der Waals surface area contributed by atoms with E-state index in [4.69, 9.17) is 4.74 Å². The molecule has 1 saturated carbocycles. The Bertz CT molecular complexity index is 1390. The number of aryl methyl sites for hydroxylation is 1. The third kappa shape index (κ3) is 4.15. The van der Waals surface area contributed by atoms with Crippen molar-refractivity contribution < 1.29 is 9.53 Å². The van der Waals surface area contributed by atoms with Crippen LogP contribution in [0.3, 0.4) is 0 Å². The van der Waals surface area contributed by atoms with Crippen LogP contribution in [0, 0.1) is 0 Å². The van der Waals surface area contributed by atoms with Crippen LogP contribution in [0.4, 0.5) is 17.3 Å². The molecule has 0 atom stereocenters. The minimum Gasteiger partial charge on any atom is -0.454 e. The lowest BCUT2D eigenvalue weighted by Crippen LogP contribution is -2.20. The van der Waals surface area contributed by atoms with Gasteiger partial charge in [-0.2, -0.15) is 4.98 Å². The van der Waals surface area contributed by atoms with Gasteiger partial charge in [0.15, 0.2) is 11.6 Å². The van der Waals surface area contributed by atoms with Crippen molar-refractivity contribution in [1.29, 1.82) is 0 Å². The van der Waals surface area contributed by atoms with Crippen LogP contribution >= 0.6 is 0 Å². The molecule has 0 unspecified atom stereocenters. The second kappa shape index (κ2) is 7.80. The molecule has 2 N–H and O–H groups in total. The molecule has 0 spiro atoms. The van der Waals surface area contributed by atoms with Gasteiger partial charge in [0.25, 0.3) is 5.56 Å². The quantitative estimate of drug-likeness (QED) is 0.482. The molecule has 0 aromatic carbocycles. The van der Waals surface area contributed by atoms with E-state index >= 15 is 0 Å². The smallest absolute Gasteiger partial charge is 0.274 e. The number of pyridine rings is 2. The molecule has 162 valence electrons. The maximum atomic E-state index is 12.5. The van der Waals surface area contributed by atoms with E-state index in [1.165, 1.54) is 6.92 Å². The number of ether oxygens (including phenoxy) is 1. The summed E-state index contributed by atoms with van der Waals surface area (Å²) in [6, 6.07) is 5.20. The number of hydrogen-bond acceptors (Lipinski definition) is 7. The first kappa shape index (κ1) is 19.7. The summed E-state index contributed by atoms with van der Waals surface area (Å²) in [4.78, 5) is 36.6. The van der Waals surface area contributed by atoms with Gasteiger partial charge in [-0.25, -0.2) is 9.97 Å². The van der Waals surface area contributed by atoms with E-state index in [0.29, 0.717) is 40.5 Å². The molecule has 0 saturated heterocycles. The predicted octanol–water partition coefficient (Wildman–Crippen LogP) is 3.19. The molecule has 1 amide bonds. The highest BCUT2D eigenvalue weighted by molar-refractivity contribution is 5.87. The first-order valence-corrected chi connectivity index (χ1v) is 10.2. The lowest BCUT2D eigenvalue weighted by atomic mass is 10.2. The zero-order chi connectivity index (χ0) is 22.2. The van der Waals surface area contributed by atoms with Crippen molar-refractivity contribution in [2.45, 2.75) is 25.7 Å². The average molecular weight is 431 g/mol. The number of nitrogens with one attached hydrogen (secondary N) is 2. The standard InChI is InChI=1S/C22H21N7O3/c1-13(30)25-19-8-16(5-6-23-19)32-17-9-24-22-27-20(12-29(22)11-17)26-18-7-15(14-3-4-14)10-28(2)21(18)31/h5-12,14,26H,3-4H2,1-2H3,(H,23,25,30). The van der Waals surface area contributed by atoms with Crippen molar-refractivity contribution in [1.82, 2.24) is 23.9 Å². The van der Waals surface area contributed by atoms with E-state index in [9.17, 15) is 9.59 Å². The summed E-state index contributed by atoms with van der Waals surface area (Å²) in [7, 11) is 1.75. The van der Waals surface area contributed by atoms with E-state index in [-0.39, 0.29) is 11.5 Å². The maximum absolute atomic E-state index is 12.5. The maximum Gasteiger partial charge on any atom is 0.274 e. The van der Waals surface area contributed by atoms with Gasteiger partial charge < -0.3 is 19.9 Å². The monoisotopic (exact) mass is 431 g/mol. The molecule has 0 aliphatic heterocycles. The van der Waals surface area contributed by atoms with Gasteiger partial charge >= 0.3 is 0 Å². The van der Waals surface area contributed by atoms with Crippen LogP contribution in [0.1, 0.15) is 31.2 Å². The first-order chi connectivity index (χ1) is 15.4. The molecule has 1 fully saturated rings. The van der Waals surface area contributed by atoms with Crippen molar-refractivity contribution in [2.24, 2.45) is 7.05 Å². The Morgan fingerprint density at radius 2 is 1.97 bits per heavy atom. The summed E-state index contributed by atoms with van der Waals surface area (Å²) in [6.45, 7) is 1.41. The Labute approximate surface area is 182 Å². The van der Waals surface area contributed by atoms with Gasteiger partial charge in [0.1, 0.15) is 17.3 Å². The number of fused-ring (bicyclic) bond motifs is 1. The lowest BCUT2D eigenvalue weighted by molar-refractivity contribution is -0.114. The van der Waals surface area contributed by atoms with Crippen molar-refractivity contribution in [3.63, 3.8) is 0 Å². The number of carbonyl (C=O) groups excluding carboxylic acids is 1. The Morgan fingerprint density at radius 1 is 1.12 bits per heavy atom. The highest BCUT2D eigenvalue weighted by Gasteiger charge is 2.25. The van der Waals surface area contributed by atoms with Crippen molar-refractivity contribution in [3.05, 3.63) is 65.1 Å². The van der Waals surface area contributed by atoms with Crippen LogP contribution in [0.15, 0.2) is 54.0 Å². The molecular weight excluding hydrogens is 410 g/mol. The number of hydrogen-bond donors (Lipinski definition) is 2. The SMILES string of the molecule is CC(=O)Nc1cc(Oc2cnc3nc(Nc4cc(C5CC5)cn(C)c4=O)cn3c2)ccn1. The second-order valence-corrected chi connectivity index (χ2v) is 7.79. The topological polar surface area (TPSA) is 115 Å². The van der Waals surface area contributed by atoms with Crippen molar-refractivity contribution in [2.75, 3.05) is 10.6 Å². The van der Waals surface area contributed by atoms with Crippen molar-refractivity contribution in [3.8, 4) is 11.5 Å². The Morgan fingerprint density at radius 3 is 2.75 bits per heavy atom. The molecule has 32 heavy (non-hydrogen) atoms. The van der Waals surface area contributed by atoms with Gasteiger partial charge in [0.2, 0.25) is 11.7 Å². The van der Waals surface area contributed by atoms with Gasteiger partial charge in [0.05, 0.1) is 18.6 Å². The fraction of sp³-hybridized carbons (Fsp3) is 0.227. The van der Waals surface area contributed by atoms with E-state index in [2.05, 4.69) is 25.6 Å². The molecule has 4 aromatic rings. The Kier molecular flexibility index (Phi) is 4.81. The van der Waals surface area contributed by atoms with E-state index in [1.807, 2.05) is 12.3 Å². The van der Waals surface area contributed by atoms with E-state index < -0.39 is 0 Å². The number of rotatable bonds is 6. The largest absolute Gasteiger partial charge is 0.454 e. The van der Waals surface area contributed by atoms with Gasteiger partial charge in [0, 0.05) is 32.4 Å². The second-order valence-electron chi connectivity index (χ2n) is 7.79. The fourth-order valence-electron chi connectivity index (χ4n) is 3.44.